The van der Waals surface area contributed by atoms with E-state index in [2.05, 4.69) is 25.7 Å². The molecule has 9 heteroatoms. The average molecular weight is 590 g/mol. The molecule has 38 heavy (non-hydrogen) atoms. The average Bonchev–Trinajstić information content (AvgIpc) is 2.93. The number of fused-ring (bicyclic) bond motifs is 1. The number of piperidine rings is 2. The molecule has 2 saturated heterocycles. The Morgan fingerprint density at radius 3 is 2.45 bits per heavy atom. The number of ether oxygens (including phenoxy) is 1. The molecule has 0 amide bonds. The van der Waals surface area contributed by atoms with Crippen LogP contribution in [-0.2, 0) is 17.5 Å². The van der Waals surface area contributed by atoms with Gasteiger partial charge < -0.3 is 9.64 Å². The fourth-order valence-corrected chi connectivity index (χ4v) is 6.27. The first-order valence-corrected chi connectivity index (χ1v) is 13.9. The zero-order valence-electron chi connectivity index (χ0n) is 21.4. The van der Waals surface area contributed by atoms with Crippen molar-refractivity contribution in [2.75, 3.05) is 33.3 Å². The fraction of sp³-hybridized carbons (Fsp3) is 0.448. The number of rotatable bonds is 5. The summed E-state index contributed by atoms with van der Waals surface area (Å²) < 4.78 is 46.7. The monoisotopic (exact) mass is 589 g/mol. The highest BCUT2D eigenvalue weighted by Crippen LogP contribution is 2.37. The third-order valence-corrected chi connectivity index (χ3v) is 8.41. The predicted octanol–water partition coefficient (Wildman–Crippen LogP) is 6.92. The Bertz CT molecular complexity index is 1320. The van der Waals surface area contributed by atoms with E-state index >= 15 is 0 Å². The van der Waals surface area contributed by atoms with Crippen LogP contribution in [0, 0.1) is 0 Å². The molecule has 2 aromatic carbocycles. The second-order valence-electron chi connectivity index (χ2n) is 10.1. The predicted molar refractivity (Wildman–Crippen MR) is 145 cm³/mol. The summed E-state index contributed by atoms with van der Waals surface area (Å²) >= 11 is 3.51. The molecule has 3 heterocycles. The van der Waals surface area contributed by atoms with Gasteiger partial charge in [0.05, 0.1) is 29.4 Å². The van der Waals surface area contributed by atoms with Crippen molar-refractivity contribution < 1.29 is 22.7 Å². The van der Waals surface area contributed by atoms with E-state index in [1.807, 2.05) is 6.07 Å². The minimum absolute atomic E-state index is 0.320. The molecule has 0 N–H and O–H groups in total. The molecule has 2 aliphatic heterocycles. The molecule has 0 spiro atoms. The standard InChI is InChI=1S/C29H31BrF3N3O2/c1-38-28(37)25-22-9-6-10-24(30)27(22)34-26(19-7-5-8-20(17-19)29(31,32)33)23(25)18-35-15-11-21(12-16-35)36-13-3-2-4-14-36/h5-10,17,21H,2-4,11-16,18H2,1H3. The SMILES string of the molecule is COC(=O)c1c(CN2CCC(N3CCCCC3)CC2)c(-c2cccc(C(F)(F)F)c2)nc2c(Br)cccc12. The van der Waals surface area contributed by atoms with Crippen LogP contribution in [0.3, 0.4) is 0 Å². The van der Waals surface area contributed by atoms with Gasteiger partial charge in [0.2, 0.25) is 0 Å². The van der Waals surface area contributed by atoms with E-state index in [1.165, 1.54) is 32.4 Å². The number of aromatic nitrogens is 1. The zero-order chi connectivity index (χ0) is 26.9. The molecule has 5 nitrogen and oxygen atoms in total. The first-order chi connectivity index (χ1) is 18.3. The van der Waals surface area contributed by atoms with Crippen LogP contribution in [0.2, 0.25) is 0 Å². The number of benzene rings is 2. The summed E-state index contributed by atoms with van der Waals surface area (Å²) in [6.45, 7) is 4.40. The number of methoxy groups -OCH3 is 1. The van der Waals surface area contributed by atoms with Crippen molar-refractivity contribution in [2.45, 2.75) is 50.9 Å². The summed E-state index contributed by atoms with van der Waals surface area (Å²) in [4.78, 5) is 22.9. The van der Waals surface area contributed by atoms with Crippen LogP contribution in [-0.4, -0.2) is 60.1 Å². The van der Waals surface area contributed by atoms with Crippen molar-refractivity contribution >= 4 is 32.8 Å². The number of para-hydroxylation sites is 1. The molecule has 2 fully saturated rings. The lowest BCUT2D eigenvalue weighted by Crippen LogP contribution is -2.46. The normalized spacial score (nSPS) is 18.1. The van der Waals surface area contributed by atoms with Crippen LogP contribution in [0.5, 0.6) is 0 Å². The number of halogens is 4. The lowest BCUT2D eigenvalue weighted by Gasteiger charge is -2.40. The number of carbonyl (C=O) groups excluding carboxylic acids is 1. The summed E-state index contributed by atoms with van der Waals surface area (Å²) in [5.41, 5.74) is 1.39. The van der Waals surface area contributed by atoms with Gasteiger partial charge in [-0.3, -0.25) is 4.90 Å². The molecule has 0 unspecified atom stereocenters. The van der Waals surface area contributed by atoms with Gasteiger partial charge in [0.1, 0.15) is 0 Å². The summed E-state index contributed by atoms with van der Waals surface area (Å²) in [5, 5.41) is 0.611. The molecule has 2 aliphatic rings. The van der Waals surface area contributed by atoms with Gasteiger partial charge in [0.25, 0.3) is 0 Å². The van der Waals surface area contributed by atoms with E-state index in [4.69, 9.17) is 9.72 Å². The Kier molecular flexibility index (Phi) is 8.07. The number of likely N-dealkylation sites (tertiary alicyclic amines) is 2. The van der Waals surface area contributed by atoms with Crippen LogP contribution in [0.1, 0.15) is 53.6 Å². The first-order valence-electron chi connectivity index (χ1n) is 13.1. The first kappa shape index (κ1) is 27.1. The van der Waals surface area contributed by atoms with Gasteiger partial charge in [-0.25, -0.2) is 9.78 Å². The van der Waals surface area contributed by atoms with Crippen molar-refractivity contribution in [1.82, 2.24) is 14.8 Å². The second-order valence-corrected chi connectivity index (χ2v) is 11.0. The van der Waals surface area contributed by atoms with Crippen molar-refractivity contribution in [3.8, 4) is 11.3 Å². The van der Waals surface area contributed by atoms with Crippen LogP contribution < -0.4 is 0 Å². The topological polar surface area (TPSA) is 45.7 Å². The summed E-state index contributed by atoms with van der Waals surface area (Å²) in [6, 6.07) is 11.1. The molecular weight excluding hydrogens is 559 g/mol. The van der Waals surface area contributed by atoms with E-state index in [0.29, 0.717) is 50.3 Å². The Morgan fingerprint density at radius 1 is 1.05 bits per heavy atom. The number of carbonyl (C=O) groups is 1. The molecule has 1 aromatic heterocycles. The number of pyridine rings is 1. The Balaban J connectivity index is 1.57. The van der Waals surface area contributed by atoms with E-state index in [1.54, 1.807) is 18.2 Å². The number of hydrogen-bond acceptors (Lipinski definition) is 5. The lowest BCUT2D eigenvalue weighted by atomic mass is 9.94. The van der Waals surface area contributed by atoms with Crippen molar-refractivity contribution in [3.63, 3.8) is 0 Å². The highest BCUT2D eigenvalue weighted by atomic mass is 79.9. The Morgan fingerprint density at radius 2 is 1.76 bits per heavy atom. The number of esters is 1. The summed E-state index contributed by atoms with van der Waals surface area (Å²) in [6.07, 6.45) is 1.37. The van der Waals surface area contributed by atoms with Crippen molar-refractivity contribution in [1.29, 1.82) is 0 Å². The molecule has 202 valence electrons. The Labute approximate surface area is 229 Å². The van der Waals surface area contributed by atoms with E-state index < -0.39 is 17.7 Å². The van der Waals surface area contributed by atoms with Crippen LogP contribution >= 0.6 is 15.9 Å². The zero-order valence-corrected chi connectivity index (χ0v) is 22.9. The molecule has 0 saturated carbocycles. The molecule has 0 radical (unpaired) electrons. The van der Waals surface area contributed by atoms with Crippen LogP contribution in [0.25, 0.3) is 22.2 Å². The Hall–Kier alpha value is -2.49. The quantitative estimate of drug-likeness (QED) is 0.302. The van der Waals surface area contributed by atoms with Crippen LogP contribution in [0.4, 0.5) is 13.2 Å². The van der Waals surface area contributed by atoms with E-state index in [-0.39, 0.29) is 0 Å². The van der Waals surface area contributed by atoms with Gasteiger partial charge in [0, 0.05) is 33.6 Å². The van der Waals surface area contributed by atoms with Crippen molar-refractivity contribution in [2.24, 2.45) is 0 Å². The largest absolute Gasteiger partial charge is 0.465 e. The van der Waals surface area contributed by atoms with E-state index in [9.17, 15) is 18.0 Å². The molecule has 0 bridgehead atoms. The maximum atomic E-state index is 13.6. The van der Waals surface area contributed by atoms with Gasteiger partial charge in [-0.15, -0.1) is 0 Å². The molecular formula is C29H31BrF3N3O2. The number of alkyl halides is 3. The van der Waals surface area contributed by atoms with Gasteiger partial charge in [-0.05, 0) is 86.0 Å². The van der Waals surface area contributed by atoms with Gasteiger partial charge in [-0.2, -0.15) is 13.2 Å². The highest BCUT2D eigenvalue weighted by molar-refractivity contribution is 9.10. The molecule has 0 aliphatic carbocycles. The molecule has 3 aromatic rings. The third-order valence-electron chi connectivity index (χ3n) is 7.77. The summed E-state index contributed by atoms with van der Waals surface area (Å²) in [5.74, 6) is -0.526. The minimum atomic E-state index is -4.49. The van der Waals surface area contributed by atoms with Gasteiger partial charge in [0.15, 0.2) is 0 Å². The fourth-order valence-electron chi connectivity index (χ4n) is 5.81. The van der Waals surface area contributed by atoms with E-state index in [0.717, 1.165) is 51.2 Å². The maximum Gasteiger partial charge on any atom is 0.416 e. The van der Waals surface area contributed by atoms with Gasteiger partial charge >= 0.3 is 12.1 Å². The third kappa shape index (κ3) is 5.60. The number of nitrogens with zero attached hydrogens (tertiary/aromatic N) is 3. The van der Waals surface area contributed by atoms with Gasteiger partial charge in [-0.1, -0.05) is 30.7 Å². The lowest BCUT2D eigenvalue weighted by molar-refractivity contribution is -0.137. The molecule has 0 atom stereocenters. The van der Waals surface area contributed by atoms with Crippen molar-refractivity contribution in [3.05, 3.63) is 63.6 Å². The highest BCUT2D eigenvalue weighted by Gasteiger charge is 2.32. The number of hydrogen-bond donors (Lipinski definition) is 0. The molecule has 5 rings (SSSR count). The maximum absolute atomic E-state index is 13.6. The smallest absolute Gasteiger partial charge is 0.416 e. The van der Waals surface area contributed by atoms with Crippen LogP contribution in [0.15, 0.2) is 46.9 Å². The second kappa shape index (κ2) is 11.3. The minimum Gasteiger partial charge on any atom is -0.465 e. The summed E-state index contributed by atoms with van der Waals surface area (Å²) in [7, 11) is 1.32.